The van der Waals surface area contributed by atoms with Crippen molar-refractivity contribution in [2.24, 2.45) is 0 Å². The van der Waals surface area contributed by atoms with Gasteiger partial charge in [-0.1, -0.05) is 13.0 Å². The van der Waals surface area contributed by atoms with Gasteiger partial charge in [0.15, 0.2) is 0 Å². The number of carbonyl (C=O) groups is 4. The molecule has 0 aliphatic carbocycles. The molecule has 0 bridgehead atoms. The number of amides is 5. The van der Waals surface area contributed by atoms with Crippen LogP contribution >= 0.6 is 0 Å². The van der Waals surface area contributed by atoms with Crippen LogP contribution < -0.4 is 21.4 Å². The molecule has 0 radical (unpaired) electrons. The zero-order valence-corrected chi connectivity index (χ0v) is 15.2. The summed E-state index contributed by atoms with van der Waals surface area (Å²) >= 11 is 0. The van der Waals surface area contributed by atoms with Gasteiger partial charge in [-0.05, 0) is 38.0 Å². The molecule has 9 heteroatoms. The summed E-state index contributed by atoms with van der Waals surface area (Å²) in [7, 11) is 1.53. The van der Waals surface area contributed by atoms with E-state index >= 15 is 0 Å². The Hall–Kier alpha value is -3.10. The largest absolute Gasteiger partial charge is 0.376 e. The summed E-state index contributed by atoms with van der Waals surface area (Å²) in [5.74, 6) is -1.30. The van der Waals surface area contributed by atoms with Crippen molar-refractivity contribution in [3.05, 3.63) is 29.3 Å². The predicted octanol–water partition coefficient (Wildman–Crippen LogP) is 0.518. The van der Waals surface area contributed by atoms with Crippen LogP contribution in [0.5, 0.6) is 0 Å². The quantitative estimate of drug-likeness (QED) is 0.551. The molecular weight excluding hydrogens is 338 g/mol. The van der Waals surface area contributed by atoms with Crippen molar-refractivity contribution in [3.63, 3.8) is 0 Å². The van der Waals surface area contributed by atoms with Gasteiger partial charge in [0, 0.05) is 18.3 Å². The molecule has 0 saturated carbocycles. The number of hydrazine groups is 1. The number of anilines is 1. The number of hydrogen-bond acceptors (Lipinski definition) is 5. The van der Waals surface area contributed by atoms with Crippen LogP contribution in [0, 0.1) is 6.92 Å². The monoisotopic (exact) mass is 361 g/mol. The highest BCUT2D eigenvalue weighted by Gasteiger charge is 2.47. The Kier molecular flexibility index (Phi) is 5.49. The lowest BCUT2D eigenvalue weighted by atomic mass is 10.00. The molecule has 1 aromatic rings. The first-order chi connectivity index (χ1) is 12.2. The molecule has 0 aromatic heterocycles. The van der Waals surface area contributed by atoms with Crippen molar-refractivity contribution in [1.82, 2.24) is 21.1 Å². The molecule has 0 unspecified atom stereocenters. The molecule has 1 atom stereocenters. The Bertz CT molecular complexity index is 764. The van der Waals surface area contributed by atoms with Crippen molar-refractivity contribution in [2.45, 2.75) is 32.7 Å². The van der Waals surface area contributed by atoms with Crippen LogP contribution in [-0.4, -0.2) is 47.9 Å². The maximum atomic E-state index is 12.2. The molecule has 1 aromatic carbocycles. The fourth-order valence-electron chi connectivity index (χ4n) is 2.46. The summed E-state index contributed by atoms with van der Waals surface area (Å²) in [5.41, 5.74) is 3.19. The Morgan fingerprint density at radius 3 is 2.54 bits per heavy atom. The van der Waals surface area contributed by atoms with E-state index in [-0.39, 0.29) is 12.5 Å². The molecule has 1 aliphatic rings. The summed E-state index contributed by atoms with van der Waals surface area (Å²) in [4.78, 5) is 48.0. The maximum absolute atomic E-state index is 12.2. The maximum Gasteiger partial charge on any atom is 0.344 e. The standard InChI is InChI=1S/C17H23N5O4/c1-5-17(3)15(25)22(16(26)20-17)21-13(23)9-19-12-8-11(14(24)18-4)7-6-10(12)2/h6-8,19H,5,9H2,1-4H3,(H,18,24)(H,20,26)(H,21,23)/t17-/m1/s1. The molecule has 2 rings (SSSR count). The summed E-state index contributed by atoms with van der Waals surface area (Å²) in [6.45, 7) is 5.04. The third-order valence-electron chi connectivity index (χ3n) is 4.37. The van der Waals surface area contributed by atoms with Crippen LogP contribution in [0.25, 0.3) is 0 Å². The van der Waals surface area contributed by atoms with Gasteiger partial charge in [0.25, 0.3) is 17.7 Å². The SMILES string of the molecule is CC[C@@]1(C)NC(=O)N(NC(=O)CNc2cc(C(=O)NC)ccc2C)C1=O. The number of carbonyl (C=O) groups excluding carboxylic acids is 4. The van der Waals surface area contributed by atoms with Crippen molar-refractivity contribution in [2.75, 3.05) is 18.9 Å². The first-order valence-electron chi connectivity index (χ1n) is 8.24. The third kappa shape index (κ3) is 3.76. The van der Waals surface area contributed by atoms with Gasteiger partial charge in [-0.15, -0.1) is 0 Å². The number of nitrogens with one attached hydrogen (secondary N) is 4. The van der Waals surface area contributed by atoms with Gasteiger partial charge in [0.05, 0.1) is 6.54 Å². The number of benzene rings is 1. The minimum atomic E-state index is -1.02. The first-order valence-corrected chi connectivity index (χ1v) is 8.24. The highest BCUT2D eigenvalue weighted by atomic mass is 16.2. The van der Waals surface area contributed by atoms with Crippen molar-refractivity contribution in [3.8, 4) is 0 Å². The third-order valence-corrected chi connectivity index (χ3v) is 4.37. The average molecular weight is 361 g/mol. The summed E-state index contributed by atoms with van der Waals surface area (Å²) in [5, 5.41) is 8.69. The van der Waals surface area contributed by atoms with Crippen molar-refractivity contribution in [1.29, 1.82) is 0 Å². The molecule has 1 heterocycles. The van der Waals surface area contributed by atoms with Crippen LogP contribution in [0.2, 0.25) is 0 Å². The Morgan fingerprint density at radius 2 is 1.96 bits per heavy atom. The normalized spacial score (nSPS) is 19.2. The van der Waals surface area contributed by atoms with Gasteiger partial charge in [-0.2, -0.15) is 5.01 Å². The van der Waals surface area contributed by atoms with E-state index < -0.39 is 23.4 Å². The Balaban J connectivity index is 2.00. The molecular formula is C17H23N5O4. The van der Waals surface area contributed by atoms with Gasteiger partial charge < -0.3 is 16.0 Å². The summed E-state index contributed by atoms with van der Waals surface area (Å²) < 4.78 is 0. The molecule has 1 saturated heterocycles. The first kappa shape index (κ1) is 19.2. The van der Waals surface area contributed by atoms with Crippen molar-refractivity contribution >= 4 is 29.4 Å². The van der Waals surface area contributed by atoms with Crippen LogP contribution in [0.1, 0.15) is 36.2 Å². The van der Waals surface area contributed by atoms with Gasteiger partial charge >= 0.3 is 6.03 Å². The van der Waals surface area contributed by atoms with E-state index in [1.54, 1.807) is 32.0 Å². The van der Waals surface area contributed by atoms with E-state index in [4.69, 9.17) is 0 Å². The van der Waals surface area contributed by atoms with Crippen LogP contribution in [0.4, 0.5) is 10.5 Å². The second kappa shape index (κ2) is 7.42. The van der Waals surface area contributed by atoms with Crippen LogP contribution in [0.15, 0.2) is 18.2 Å². The van der Waals surface area contributed by atoms with Crippen LogP contribution in [0.3, 0.4) is 0 Å². The smallest absolute Gasteiger partial charge is 0.344 e. The summed E-state index contributed by atoms with van der Waals surface area (Å²) in [6, 6.07) is 4.40. The molecule has 5 amide bonds. The predicted molar refractivity (Wildman–Crippen MR) is 95.3 cm³/mol. The zero-order chi connectivity index (χ0) is 19.5. The number of hydrogen-bond donors (Lipinski definition) is 4. The van der Waals surface area contributed by atoms with E-state index in [1.165, 1.54) is 7.05 Å². The average Bonchev–Trinajstić information content (AvgIpc) is 2.84. The fourth-order valence-corrected chi connectivity index (χ4v) is 2.46. The molecule has 4 N–H and O–H groups in total. The van der Waals surface area contributed by atoms with Crippen molar-refractivity contribution < 1.29 is 19.2 Å². The van der Waals surface area contributed by atoms with E-state index in [0.29, 0.717) is 22.7 Å². The van der Waals surface area contributed by atoms with Gasteiger partial charge in [-0.3, -0.25) is 19.8 Å². The number of aryl methyl sites for hydroxylation is 1. The lowest BCUT2D eigenvalue weighted by molar-refractivity contribution is -0.138. The molecule has 26 heavy (non-hydrogen) atoms. The topological polar surface area (TPSA) is 120 Å². The lowest BCUT2D eigenvalue weighted by Gasteiger charge is -2.19. The number of rotatable bonds is 6. The van der Waals surface area contributed by atoms with E-state index in [1.807, 2.05) is 6.92 Å². The highest BCUT2D eigenvalue weighted by Crippen LogP contribution is 2.19. The second-order valence-corrected chi connectivity index (χ2v) is 6.25. The number of imide groups is 1. The second-order valence-electron chi connectivity index (χ2n) is 6.25. The fraction of sp³-hybridized carbons (Fsp3) is 0.412. The Morgan fingerprint density at radius 1 is 1.27 bits per heavy atom. The number of nitrogens with zero attached hydrogens (tertiary/aromatic N) is 1. The number of urea groups is 1. The highest BCUT2D eigenvalue weighted by molar-refractivity contribution is 6.07. The van der Waals surface area contributed by atoms with Gasteiger partial charge in [0.1, 0.15) is 5.54 Å². The van der Waals surface area contributed by atoms with Gasteiger partial charge in [-0.25, -0.2) is 4.79 Å². The minimum absolute atomic E-state index is 0.169. The lowest BCUT2D eigenvalue weighted by Crippen LogP contribution is -2.50. The van der Waals surface area contributed by atoms with E-state index in [9.17, 15) is 19.2 Å². The molecule has 1 fully saturated rings. The van der Waals surface area contributed by atoms with E-state index in [0.717, 1.165) is 5.56 Å². The minimum Gasteiger partial charge on any atom is -0.376 e. The molecule has 0 spiro atoms. The summed E-state index contributed by atoms with van der Waals surface area (Å²) in [6.07, 6.45) is 0.410. The molecule has 1 aliphatic heterocycles. The van der Waals surface area contributed by atoms with Crippen LogP contribution in [-0.2, 0) is 9.59 Å². The van der Waals surface area contributed by atoms with E-state index in [2.05, 4.69) is 21.4 Å². The zero-order valence-electron chi connectivity index (χ0n) is 15.2. The Labute approximate surface area is 151 Å². The van der Waals surface area contributed by atoms with Gasteiger partial charge in [0.2, 0.25) is 0 Å². The molecule has 140 valence electrons. The molecule has 9 nitrogen and oxygen atoms in total.